The normalized spacial score (nSPS) is 12.3. The van der Waals surface area contributed by atoms with Gasteiger partial charge in [-0.15, -0.1) is 0 Å². The molecule has 0 radical (unpaired) electrons. The second-order valence-electron chi connectivity index (χ2n) is 10.8. The van der Waals surface area contributed by atoms with Gasteiger partial charge in [0.2, 0.25) is 0 Å². The number of unbranched alkanes of at least 4 members (excludes halogenated alkanes) is 12. The molecule has 3 aromatic carbocycles. The van der Waals surface area contributed by atoms with Crippen LogP contribution in [0.5, 0.6) is 0 Å². The Morgan fingerprint density at radius 1 is 0.579 bits per heavy atom. The molecule has 2 heteroatoms. The van der Waals surface area contributed by atoms with E-state index in [0.29, 0.717) is 0 Å². The van der Waals surface area contributed by atoms with Gasteiger partial charge in [-0.1, -0.05) is 181 Å². The van der Waals surface area contributed by atoms with Gasteiger partial charge in [0.1, 0.15) is 5.41 Å². The van der Waals surface area contributed by atoms with E-state index in [9.17, 15) is 9.90 Å². The standard InChI is InChI=1S/C36H48O2/c1-2-3-4-5-6-7-8-9-10-11-12-13-23-30-34(31-24-17-14-18-25-31)36(35(37)38,32-26-19-15-20-27-32)33-28-21-16-22-29-33/h14-22,24-29,34H,2-13,23,30H2,1H3,(H,37,38). The Balaban J connectivity index is 1.65. The first-order chi connectivity index (χ1) is 18.7. The van der Waals surface area contributed by atoms with Crippen molar-refractivity contribution in [2.45, 2.75) is 108 Å². The molecule has 0 aliphatic heterocycles. The maximum Gasteiger partial charge on any atom is 0.319 e. The fourth-order valence-electron chi connectivity index (χ4n) is 6.05. The van der Waals surface area contributed by atoms with Crippen molar-refractivity contribution in [3.8, 4) is 0 Å². The minimum Gasteiger partial charge on any atom is -0.480 e. The minimum absolute atomic E-state index is 0.154. The summed E-state index contributed by atoms with van der Waals surface area (Å²) in [5.41, 5.74) is 1.66. The van der Waals surface area contributed by atoms with Crippen LogP contribution < -0.4 is 0 Å². The fourth-order valence-corrected chi connectivity index (χ4v) is 6.05. The lowest BCUT2D eigenvalue weighted by Gasteiger charge is -2.39. The lowest BCUT2D eigenvalue weighted by molar-refractivity contribution is -0.143. The van der Waals surface area contributed by atoms with Crippen LogP contribution >= 0.6 is 0 Å². The zero-order valence-corrected chi connectivity index (χ0v) is 23.5. The van der Waals surface area contributed by atoms with Gasteiger partial charge in [0.25, 0.3) is 0 Å². The number of hydrogen-bond donors (Lipinski definition) is 1. The second-order valence-corrected chi connectivity index (χ2v) is 10.8. The highest BCUT2D eigenvalue weighted by molar-refractivity contribution is 5.87. The smallest absolute Gasteiger partial charge is 0.319 e. The van der Waals surface area contributed by atoms with Gasteiger partial charge in [0.05, 0.1) is 0 Å². The molecule has 0 saturated carbocycles. The molecule has 0 bridgehead atoms. The van der Waals surface area contributed by atoms with Crippen LogP contribution in [0.4, 0.5) is 0 Å². The van der Waals surface area contributed by atoms with Gasteiger partial charge in [-0.05, 0) is 23.1 Å². The van der Waals surface area contributed by atoms with Crippen molar-refractivity contribution >= 4 is 5.97 Å². The van der Waals surface area contributed by atoms with Crippen molar-refractivity contribution in [3.63, 3.8) is 0 Å². The number of hydrogen-bond acceptors (Lipinski definition) is 1. The number of benzene rings is 3. The fraction of sp³-hybridized carbons (Fsp3) is 0.472. The van der Waals surface area contributed by atoms with Crippen LogP contribution in [-0.4, -0.2) is 11.1 Å². The summed E-state index contributed by atoms with van der Waals surface area (Å²) in [7, 11) is 0. The highest BCUT2D eigenvalue weighted by Gasteiger charge is 2.49. The first-order valence-corrected chi connectivity index (χ1v) is 15.1. The first kappa shape index (κ1) is 29.7. The van der Waals surface area contributed by atoms with Crippen LogP contribution in [-0.2, 0) is 10.2 Å². The third kappa shape index (κ3) is 8.32. The third-order valence-electron chi connectivity index (χ3n) is 8.12. The van der Waals surface area contributed by atoms with Crippen molar-refractivity contribution in [2.24, 2.45) is 0 Å². The highest BCUT2D eigenvalue weighted by atomic mass is 16.4. The maximum absolute atomic E-state index is 13.4. The predicted octanol–water partition coefficient (Wildman–Crippen LogP) is 10.3. The Morgan fingerprint density at radius 2 is 0.947 bits per heavy atom. The summed E-state index contributed by atoms with van der Waals surface area (Å²) in [6.07, 6.45) is 17.9. The number of rotatable bonds is 19. The van der Waals surface area contributed by atoms with Crippen molar-refractivity contribution < 1.29 is 9.90 Å². The van der Waals surface area contributed by atoms with E-state index in [1.165, 1.54) is 70.6 Å². The zero-order valence-electron chi connectivity index (χ0n) is 23.5. The summed E-state index contributed by atoms with van der Waals surface area (Å²) in [4.78, 5) is 13.4. The summed E-state index contributed by atoms with van der Waals surface area (Å²) in [6.45, 7) is 2.27. The van der Waals surface area contributed by atoms with Crippen molar-refractivity contribution in [2.75, 3.05) is 0 Å². The van der Waals surface area contributed by atoms with Crippen LogP contribution in [0.3, 0.4) is 0 Å². The highest BCUT2D eigenvalue weighted by Crippen LogP contribution is 2.47. The molecule has 0 amide bonds. The van der Waals surface area contributed by atoms with Crippen LogP contribution in [0, 0.1) is 0 Å². The van der Waals surface area contributed by atoms with Crippen LogP contribution in [0.1, 0.15) is 119 Å². The van der Waals surface area contributed by atoms with E-state index in [4.69, 9.17) is 0 Å². The maximum atomic E-state index is 13.4. The number of carbonyl (C=O) groups is 1. The summed E-state index contributed by atoms with van der Waals surface area (Å²) < 4.78 is 0. The first-order valence-electron chi connectivity index (χ1n) is 15.1. The summed E-state index contributed by atoms with van der Waals surface area (Å²) in [5, 5.41) is 11.0. The number of aliphatic carboxylic acids is 1. The molecule has 3 rings (SSSR count). The molecular weight excluding hydrogens is 464 g/mol. The van der Waals surface area contributed by atoms with Gasteiger partial charge in [0.15, 0.2) is 0 Å². The second kappa shape index (κ2) is 16.9. The van der Waals surface area contributed by atoms with E-state index in [1.807, 2.05) is 78.9 Å². The molecule has 0 spiro atoms. The van der Waals surface area contributed by atoms with Gasteiger partial charge in [0, 0.05) is 5.92 Å². The monoisotopic (exact) mass is 512 g/mol. The molecule has 3 aromatic rings. The van der Waals surface area contributed by atoms with Crippen molar-refractivity contribution in [3.05, 3.63) is 108 Å². The zero-order chi connectivity index (χ0) is 26.9. The van der Waals surface area contributed by atoms with E-state index in [1.54, 1.807) is 0 Å². The number of carboxylic acid groups (broad SMARTS) is 1. The molecule has 0 saturated heterocycles. The van der Waals surface area contributed by atoms with E-state index < -0.39 is 11.4 Å². The van der Waals surface area contributed by atoms with E-state index in [2.05, 4.69) is 19.1 Å². The topological polar surface area (TPSA) is 37.3 Å². The summed E-state index contributed by atoms with van der Waals surface area (Å²) >= 11 is 0. The van der Waals surface area contributed by atoms with Crippen LogP contribution in [0.25, 0.3) is 0 Å². The lowest BCUT2D eigenvalue weighted by atomic mass is 9.62. The Hall–Kier alpha value is -2.87. The lowest BCUT2D eigenvalue weighted by Crippen LogP contribution is -2.43. The Bertz CT molecular complexity index is 973. The van der Waals surface area contributed by atoms with Crippen LogP contribution in [0.2, 0.25) is 0 Å². The molecule has 1 N–H and O–H groups in total. The van der Waals surface area contributed by atoms with Crippen molar-refractivity contribution in [1.29, 1.82) is 0 Å². The molecule has 0 aliphatic carbocycles. The largest absolute Gasteiger partial charge is 0.480 e. The molecule has 204 valence electrons. The Labute approximate surface area is 231 Å². The SMILES string of the molecule is CCCCCCCCCCCCCCCC(c1ccccc1)C(C(=O)O)(c1ccccc1)c1ccccc1. The van der Waals surface area contributed by atoms with Crippen molar-refractivity contribution in [1.82, 2.24) is 0 Å². The molecule has 0 aliphatic rings. The average Bonchev–Trinajstić information content (AvgIpc) is 2.96. The van der Waals surface area contributed by atoms with Gasteiger partial charge in [-0.3, -0.25) is 4.79 Å². The molecule has 0 aromatic heterocycles. The molecule has 1 atom stereocenters. The van der Waals surface area contributed by atoms with Gasteiger partial charge >= 0.3 is 5.97 Å². The summed E-state index contributed by atoms with van der Waals surface area (Å²) in [5.74, 6) is -0.933. The predicted molar refractivity (Wildman–Crippen MR) is 161 cm³/mol. The van der Waals surface area contributed by atoms with E-state index in [0.717, 1.165) is 36.0 Å². The average molecular weight is 513 g/mol. The Morgan fingerprint density at radius 3 is 1.34 bits per heavy atom. The van der Waals surface area contributed by atoms with E-state index in [-0.39, 0.29) is 5.92 Å². The summed E-state index contributed by atoms with van der Waals surface area (Å²) in [6, 6.07) is 30.0. The third-order valence-corrected chi connectivity index (χ3v) is 8.12. The van der Waals surface area contributed by atoms with Gasteiger partial charge in [-0.2, -0.15) is 0 Å². The van der Waals surface area contributed by atoms with Gasteiger partial charge < -0.3 is 5.11 Å². The molecule has 0 heterocycles. The molecular formula is C36H48O2. The molecule has 38 heavy (non-hydrogen) atoms. The molecule has 1 unspecified atom stereocenters. The van der Waals surface area contributed by atoms with Gasteiger partial charge in [-0.25, -0.2) is 0 Å². The van der Waals surface area contributed by atoms with E-state index >= 15 is 0 Å². The number of carboxylic acids is 1. The minimum atomic E-state index is -1.14. The molecule has 2 nitrogen and oxygen atoms in total. The van der Waals surface area contributed by atoms with Crippen LogP contribution in [0.15, 0.2) is 91.0 Å². The quantitative estimate of drug-likeness (QED) is 0.162. The molecule has 0 fully saturated rings. The Kier molecular flexibility index (Phi) is 13.2.